The second kappa shape index (κ2) is 5.13. The number of hydrogen-bond donors (Lipinski definition) is 0. The fourth-order valence-corrected chi connectivity index (χ4v) is 3.20. The summed E-state index contributed by atoms with van der Waals surface area (Å²) in [5.41, 5.74) is 0.240. The van der Waals surface area contributed by atoms with Gasteiger partial charge in [0.15, 0.2) is 0 Å². The lowest BCUT2D eigenvalue weighted by Gasteiger charge is -2.35. The Kier molecular flexibility index (Phi) is 3.79. The highest BCUT2D eigenvalue weighted by Gasteiger charge is 2.31. The molecule has 0 aromatic carbocycles. The Bertz CT molecular complexity index is 396. The predicted molar refractivity (Wildman–Crippen MR) is 67.8 cm³/mol. The van der Waals surface area contributed by atoms with E-state index in [-0.39, 0.29) is 11.0 Å². The lowest BCUT2D eigenvalue weighted by molar-refractivity contribution is 0.180. The van der Waals surface area contributed by atoms with Crippen molar-refractivity contribution in [3.05, 3.63) is 28.7 Å². The third kappa shape index (κ3) is 2.54. The normalized spacial score (nSPS) is 19.6. The predicted octanol–water partition coefficient (Wildman–Crippen LogP) is 2.59. The molecule has 2 rings (SSSR count). The van der Waals surface area contributed by atoms with Gasteiger partial charge in [0.1, 0.15) is 0 Å². The highest BCUT2D eigenvalue weighted by Crippen LogP contribution is 2.38. The number of aromatic nitrogens is 2. The highest BCUT2D eigenvalue weighted by molar-refractivity contribution is 9.09. The molecule has 16 heavy (non-hydrogen) atoms. The molecular weight excluding hydrogens is 268 g/mol. The summed E-state index contributed by atoms with van der Waals surface area (Å²) in [6.07, 6.45) is 7.95. The van der Waals surface area contributed by atoms with Gasteiger partial charge >= 0.3 is 0 Å². The van der Waals surface area contributed by atoms with Crippen molar-refractivity contribution in [1.82, 2.24) is 9.78 Å². The van der Waals surface area contributed by atoms with E-state index >= 15 is 0 Å². The zero-order valence-electron chi connectivity index (χ0n) is 9.36. The van der Waals surface area contributed by atoms with Crippen LogP contribution in [0.15, 0.2) is 23.1 Å². The quantitative estimate of drug-likeness (QED) is 0.800. The molecule has 0 atom stereocenters. The molecule has 0 bridgehead atoms. The van der Waals surface area contributed by atoms with Crippen LogP contribution in [0.3, 0.4) is 0 Å². The van der Waals surface area contributed by atoms with Gasteiger partial charge in [-0.1, -0.05) is 35.2 Å². The molecule has 0 amide bonds. The van der Waals surface area contributed by atoms with Crippen LogP contribution in [0.5, 0.6) is 0 Å². The molecule has 0 spiro atoms. The first-order valence-electron chi connectivity index (χ1n) is 5.84. The molecular formula is C12H17BrN2O. The van der Waals surface area contributed by atoms with Crippen molar-refractivity contribution >= 4 is 15.9 Å². The summed E-state index contributed by atoms with van der Waals surface area (Å²) >= 11 is 3.61. The summed E-state index contributed by atoms with van der Waals surface area (Å²) in [5.74, 6) is 0. The molecule has 4 heteroatoms. The molecule has 0 saturated heterocycles. The standard InChI is InChI=1S/C12H17BrN2O/c13-9-12(6-2-1-3-7-12)10-15-11(16)5-4-8-14-15/h4-5,8H,1-3,6-7,9-10H2. The maximum Gasteiger partial charge on any atom is 0.266 e. The second-order valence-corrected chi connectivity index (χ2v) is 5.27. The van der Waals surface area contributed by atoms with E-state index in [0.717, 1.165) is 11.9 Å². The smallest absolute Gasteiger partial charge is 0.266 e. The molecule has 0 aliphatic heterocycles. The minimum atomic E-state index is 0.00778. The van der Waals surface area contributed by atoms with Crippen LogP contribution in [0, 0.1) is 5.41 Å². The largest absolute Gasteiger partial charge is 0.268 e. The van der Waals surface area contributed by atoms with Crippen LogP contribution in [-0.2, 0) is 6.54 Å². The summed E-state index contributed by atoms with van der Waals surface area (Å²) in [5, 5.41) is 5.11. The van der Waals surface area contributed by atoms with E-state index in [1.807, 2.05) is 0 Å². The first-order valence-corrected chi connectivity index (χ1v) is 6.96. The highest BCUT2D eigenvalue weighted by atomic mass is 79.9. The van der Waals surface area contributed by atoms with E-state index in [0.29, 0.717) is 0 Å². The molecule has 1 aliphatic rings. The van der Waals surface area contributed by atoms with Crippen molar-refractivity contribution in [1.29, 1.82) is 0 Å². The molecule has 1 aromatic rings. The lowest BCUT2D eigenvalue weighted by atomic mass is 9.75. The summed E-state index contributed by atoms with van der Waals surface area (Å²) in [6, 6.07) is 3.28. The topological polar surface area (TPSA) is 34.9 Å². The van der Waals surface area contributed by atoms with Gasteiger partial charge in [0.05, 0.1) is 6.54 Å². The Hall–Kier alpha value is -0.640. The molecule has 1 saturated carbocycles. The van der Waals surface area contributed by atoms with E-state index in [1.54, 1.807) is 23.0 Å². The van der Waals surface area contributed by atoms with E-state index in [9.17, 15) is 4.79 Å². The maximum atomic E-state index is 11.6. The molecule has 1 fully saturated rings. The number of halogens is 1. The summed E-state index contributed by atoms with van der Waals surface area (Å²) in [6.45, 7) is 0.748. The molecule has 0 radical (unpaired) electrons. The van der Waals surface area contributed by atoms with Crippen LogP contribution < -0.4 is 5.56 Å². The van der Waals surface area contributed by atoms with Crippen molar-refractivity contribution in [3.63, 3.8) is 0 Å². The van der Waals surface area contributed by atoms with Gasteiger partial charge in [-0.25, -0.2) is 4.68 Å². The van der Waals surface area contributed by atoms with Crippen molar-refractivity contribution in [2.24, 2.45) is 5.41 Å². The third-order valence-electron chi connectivity index (χ3n) is 3.47. The number of alkyl halides is 1. The van der Waals surface area contributed by atoms with Crippen molar-refractivity contribution in [3.8, 4) is 0 Å². The van der Waals surface area contributed by atoms with Crippen molar-refractivity contribution < 1.29 is 0 Å². The number of rotatable bonds is 3. The van der Waals surface area contributed by atoms with Crippen LogP contribution in [0.2, 0.25) is 0 Å². The van der Waals surface area contributed by atoms with E-state index < -0.39 is 0 Å². The fourth-order valence-electron chi connectivity index (χ4n) is 2.46. The summed E-state index contributed by atoms with van der Waals surface area (Å²) < 4.78 is 1.60. The lowest BCUT2D eigenvalue weighted by Crippen LogP contribution is -2.36. The van der Waals surface area contributed by atoms with Gasteiger partial charge in [0, 0.05) is 17.6 Å². The molecule has 3 nitrogen and oxygen atoms in total. The Morgan fingerprint density at radius 3 is 2.75 bits per heavy atom. The monoisotopic (exact) mass is 284 g/mol. The van der Waals surface area contributed by atoms with Gasteiger partial charge in [0.25, 0.3) is 5.56 Å². The first kappa shape index (κ1) is 11.8. The van der Waals surface area contributed by atoms with Gasteiger partial charge < -0.3 is 0 Å². The fraction of sp³-hybridized carbons (Fsp3) is 0.667. The Morgan fingerprint density at radius 1 is 1.38 bits per heavy atom. The Labute approximate surface area is 104 Å². The zero-order chi connectivity index (χ0) is 11.4. The van der Waals surface area contributed by atoms with Crippen LogP contribution in [0.1, 0.15) is 32.1 Å². The Morgan fingerprint density at radius 2 is 2.12 bits per heavy atom. The average molecular weight is 285 g/mol. The molecule has 88 valence electrons. The van der Waals surface area contributed by atoms with Gasteiger partial charge in [-0.3, -0.25) is 4.79 Å². The van der Waals surface area contributed by atoms with Crippen LogP contribution in [0.4, 0.5) is 0 Å². The van der Waals surface area contributed by atoms with E-state index in [2.05, 4.69) is 21.0 Å². The minimum Gasteiger partial charge on any atom is -0.268 e. The van der Waals surface area contributed by atoms with Crippen molar-refractivity contribution in [2.45, 2.75) is 38.6 Å². The van der Waals surface area contributed by atoms with Gasteiger partial charge in [-0.2, -0.15) is 5.10 Å². The average Bonchev–Trinajstić information content (AvgIpc) is 2.33. The first-order chi connectivity index (χ1) is 7.76. The third-order valence-corrected chi connectivity index (χ3v) is 4.66. The zero-order valence-corrected chi connectivity index (χ0v) is 10.9. The Balaban J connectivity index is 2.18. The number of hydrogen-bond acceptors (Lipinski definition) is 2. The van der Waals surface area contributed by atoms with Gasteiger partial charge in [-0.15, -0.1) is 0 Å². The summed E-state index contributed by atoms with van der Waals surface area (Å²) in [7, 11) is 0. The maximum absolute atomic E-state index is 11.6. The summed E-state index contributed by atoms with van der Waals surface area (Å²) in [4.78, 5) is 11.6. The number of nitrogens with zero attached hydrogens (tertiary/aromatic N) is 2. The van der Waals surface area contributed by atoms with Crippen molar-refractivity contribution in [2.75, 3.05) is 5.33 Å². The van der Waals surface area contributed by atoms with E-state index in [1.165, 1.54) is 32.1 Å². The molecule has 1 aliphatic carbocycles. The molecule has 1 aromatic heterocycles. The van der Waals surface area contributed by atoms with Crippen LogP contribution in [-0.4, -0.2) is 15.1 Å². The minimum absolute atomic E-state index is 0.00778. The molecule has 0 N–H and O–H groups in total. The van der Waals surface area contributed by atoms with Gasteiger partial charge in [0.2, 0.25) is 0 Å². The molecule has 1 heterocycles. The molecule has 0 unspecified atom stereocenters. The van der Waals surface area contributed by atoms with E-state index in [4.69, 9.17) is 0 Å². The second-order valence-electron chi connectivity index (χ2n) is 4.71. The van der Waals surface area contributed by atoms with Gasteiger partial charge in [-0.05, 0) is 24.3 Å². The SMILES string of the molecule is O=c1cccnn1CC1(CBr)CCCCC1. The van der Waals surface area contributed by atoms with Crippen LogP contribution in [0.25, 0.3) is 0 Å². The van der Waals surface area contributed by atoms with Crippen LogP contribution >= 0.6 is 15.9 Å².